The number of fused-ring (bicyclic) bond motifs is 1. The normalized spacial score (nSPS) is 11.7. The van der Waals surface area contributed by atoms with Gasteiger partial charge in [-0.15, -0.1) is 22.7 Å². The highest BCUT2D eigenvalue weighted by molar-refractivity contribution is 7.38. The molecule has 0 aromatic carbocycles. The van der Waals surface area contributed by atoms with Crippen molar-refractivity contribution in [1.82, 2.24) is 0 Å². The monoisotopic (exact) mass is 283 g/mol. The van der Waals surface area contributed by atoms with Crippen LogP contribution in [0, 0.1) is 0 Å². The molecule has 96 valence electrons. The summed E-state index contributed by atoms with van der Waals surface area (Å²) in [4.78, 5) is 23.5. The van der Waals surface area contributed by atoms with Gasteiger partial charge in [0.15, 0.2) is 0 Å². The quantitative estimate of drug-likeness (QED) is 0.861. The highest BCUT2D eigenvalue weighted by Gasteiger charge is 2.22. The van der Waals surface area contributed by atoms with Gasteiger partial charge >= 0.3 is 5.97 Å². The summed E-state index contributed by atoms with van der Waals surface area (Å²) >= 11 is 2.71. The van der Waals surface area contributed by atoms with E-state index >= 15 is 0 Å². The molecule has 1 amide bonds. The van der Waals surface area contributed by atoms with E-state index in [1.165, 1.54) is 22.7 Å². The number of hydrogen-bond donors (Lipinski definition) is 1. The summed E-state index contributed by atoms with van der Waals surface area (Å²) < 4.78 is 6.22. The van der Waals surface area contributed by atoms with Crippen LogP contribution in [0.25, 0.3) is 9.40 Å². The number of amides is 1. The smallest absolute Gasteiger partial charge is 0.340 e. The van der Waals surface area contributed by atoms with E-state index in [2.05, 4.69) is 0 Å². The molecule has 2 aromatic heterocycles. The molecule has 2 heterocycles. The van der Waals surface area contributed by atoms with Crippen LogP contribution in [0.15, 0.2) is 11.4 Å². The van der Waals surface area contributed by atoms with E-state index < -0.39 is 11.5 Å². The SMILES string of the molecule is CC(C)(C)OC(=O)c1csc2sc(C(N)=O)cc12. The van der Waals surface area contributed by atoms with Crippen LogP contribution in [0.5, 0.6) is 0 Å². The molecular formula is C12H13NO3S2. The maximum Gasteiger partial charge on any atom is 0.340 e. The fraction of sp³-hybridized carbons (Fsp3) is 0.333. The van der Waals surface area contributed by atoms with Gasteiger partial charge < -0.3 is 10.5 Å². The van der Waals surface area contributed by atoms with Crippen molar-refractivity contribution in [3.05, 3.63) is 21.9 Å². The Kier molecular flexibility index (Phi) is 3.16. The molecular weight excluding hydrogens is 270 g/mol. The van der Waals surface area contributed by atoms with E-state index in [-0.39, 0.29) is 5.97 Å². The minimum atomic E-state index is -0.534. The van der Waals surface area contributed by atoms with Crippen molar-refractivity contribution in [1.29, 1.82) is 0 Å². The minimum Gasteiger partial charge on any atom is -0.456 e. The van der Waals surface area contributed by atoms with Crippen molar-refractivity contribution in [2.24, 2.45) is 5.73 Å². The van der Waals surface area contributed by atoms with Crippen molar-refractivity contribution in [3.63, 3.8) is 0 Å². The van der Waals surface area contributed by atoms with Crippen molar-refractivity contribution in [2.45, 2.75) is 26.4 Å². The zero-order chi connectivity index (χ0) is 13.5. The second kappa shape index (κ2) is 4.37. The topological polar surface area (TPSA) is 69.4 Å². The molecule has 0 aliphatic carbocycles. The molecule has 0 saturated heterocycles. The molecule has 0 radical (unpaired) electrons. The van der Waals surface area contributed by atoms with Crippen LogP contribution in [0.1, 0.15) is 40.8 Å². The molecule has 2 N–H and O–H groups in total. The lowest BCUT2D eigenvalue weighted by molar-refractivity contribution is 0.00722. The summed E-state index contributed by atoms with van der Waals surface area (Å²) in [5.74, 6) is -0.846. The number of hydrogen-bond acceptors (Lipinski definition) is 5. The number of ether oxygens (including phenoxy) is 1. The average Bonchev–Trinajstić information content (AvgIpc) is 2.71. The number of rotatable bonds is 2. The summed E-state index contributed by atoms with van der Waals surface area (Å²) in [7, 11) is 0. The predicted molar refractivity (Wildman–Crippen MR) is 73.4 cm³/mol. The maximum atomic E-state index is 12.0. The molecule has 6 heteroatoms. The first kappa shape index (κ1) is 13.0. The minimum absolute atomic E-state index is 0.373. The third-order valence-corrected chi connectivity index (χ3v) is 4.40. The third-order valence-electron chi connectivity index (χ3n) is 2.13. The van der Waals surface area contributed by atoms with Crippen LogP contribution in [-0.4, -0.2) is 17.5 Å². The fourth-order valence-corrected chi connectivity index (χ4v) is 3.54. The van der Waals surface area contributed by atoms with Crippen LogP contribution < -0.4 is 5.73 Å². The second-order valence-electron chi connectivity index (χ2n) is 4.83. The largest absolute Gasteiger partial charge is 0.456 e. The Morgan fingerprint density at radius 1 is 1.33 bits per heavy atom. The predicted octanol–water partition coefficient (Wildman–Crippen LogP) is 3.02. The van der Waals surface area contributed by atoms with E-state index in [1.807, 2.05) is 20.8 Å². The van der Waals surface area contributed by atoms with Gasteiger partial charge in [-0.3, -0.25) is 4.79 Å². The van der Waals surface area contributed by atoms with Crippen LogP contribution in [-0.2, 0) is 4.74 Å². The zero-order valence-corrected chi connectivity index (χ0v) is 11.9. The summed E-state index contributed by atoms with van der Waals surface area (Å²) in [5, 5.41) is 2.49. The highest BCUT2D eigenvalue weighted by atomic mass is 32.2. The number of thiophene rings is 2. The lowest BCUT2D eigenvalue weighted by atomic mass is 10.2. The molecule has 0 atom stereocenters. The molecule has 0 bridgehead atoms. The molecule has 0 spiro atoms. The number of esters is 1. The molecule has 0 fully saturated rings. The molecule has 0 aliphatic heterocycles. The van der Waals surface area contributed by atoms with Gasteiger partial charge in [-0.05, 0) is 26.8 Å². The molecule has 0 saturated carbocycles. The Morgan fingerprint density at radius 3 is 2.56 bits per heavy atom. The molecule has 2 aromatic rings. The van der Waals surface area contributed by atoms with Gasteiger partial charge in [0.1, 0.15) is 5.60 Å². The van der Waals surface area contributed by atoms with Gasteiger partial charge in [0.25, 0.3) is 5.91 Å². The molecule has 0 aliphatic rings. The Balaban J connectivity index is 2.39. The first-order valence-electron chi connectivity index (χ1n) is 5.32. The van der Waals surface area contributed by atoms with Crippen molar-refractivity contribution < 1.29 is 14.3 Å². The number of carbonyl (C=O) groups excluding carboxylic acids is 2. The summed E-state index contributed by atoms with van der Waals surface area (Å²) in [6.45, 7) is 5.45. The van der Waals surface area contributed by atoms with Gasteiger partial charge in [0.2, 0.25) is 0 Å². The first-order chi connectivity index (χ1) is 8.28. The lowest BCUT2D eigenvalue weighted by Crippen LogP contribution is -2.23. The maximum absolute atomic E-state index is 12.0. The Labute approximate surface area is 112 Å². The standard InChI is InChI=1S/C12H13NO3S2/c1-12(2,3)16-10(15)7-5-17-11-6(7)4-8(18-11)9(13)14/h4-5H,1-3H3,(H2,13,14). The number of primary amides is 1. The molecule has 18 heavy (non-hydrogen) atoms. The van der Waals surface area contributed by atoms with Crippen molar-refractivity contribution in [2.75, 3.05) is 0 Å². The Bertz CT molecular complexity index is 619. The Hall–Kier alpha value is -1.40. The summed E-state index contributed by atoms with van der Waals surface area (Å²) in [6.07, 6.45) is 0. The molecule has 4 nitrogen and oxygen atoms in total. The summed E-state index contributed by atoms with van der Waals surface area (Å²) in [6, 6.07) is 1.65. The van der Waals surface area contributed by atoms with E-state index in [0.717, 1.165) is 9.40 Å². The number of nitrogens with two attached hydrogens (primary N) is 1. The third kappa shape index (κ3) is 2.54. The second-order valence-corrected chi connectivity index (χ2v) is 7.02. The molecule has 0 unspecified atom stereocenters. The van der Waals surface area contributed by atoms with Crippen LogP contribution in [0.3, 0.4) is 0 Å². The number of carbonyl (C=O) groups is 2. The van der Waals surface area contributed by atoms with E-state index in [4.69, 9.17) is 10.5 Å². The molecule has 2 rings (SSSR count). The summed E-state index contributed by atoms with van der Waals surface area (Å²) in [5.41, 5.74) is 5.18. The van der Waals surface area contributed by atoms with Gasteiger partial charge in [0.05, 0.1) is 14.5 Å². The van der Waals surface area contributed by atoms with Gasteiger partial charge in [-0.1, -0.05) is 0 Å². The van der Waals surface area contributed by atoms with E-state index in [9.17, 15) is 9.59 Å². The van der Waals surface area contributed by atoms with Gasteiger partial charge in [0, 0.05) is 10.8 Å². The van der Waals surface area contributed by atoms with Crippen molar-refractivity contribution in [3.8, 4) is 0 Å². The van der Waals surface area contributed by atoms with Crippen LogP contribution >= 0.6 is 22.7 Å². The highest BCUT2D eigenvalue weighted by Crippen LogP contribution is 2.34. The zero-order valence-electron chi connectivity index (χ0n) is 10.3. The van der Waals surface area contributed by atoms with Crippen LogP contribution in [0.2, 0.25) is 0 Å². The van der Waals surface area contributed by atoms with E-state index in [0.29, 0.717) is 10.4 Å². The van der Waals surface area contributed by atoms with E-state index in [1.54, 1.807) is 11.4 Å². The Morgan fingerprint density at radius 2 is 2.00 bits per heavy atom. The fourth-order valence-electron chi connectivity index (χ4n) is 1.44. The lowest BCUT2D eigenvalue weighted by Gasteiger charge is -2.19. The first-order valence-corrected chi connectivity index (χ1v) is 7.02. The van der Waals surface area contributed by atoms with Gasteiger partial charge in [-0.2, -0.15) is 0 Å². The van der Waals surface area contributed by atoms with Crippen LogP contribution in [0.4, 0.5) is 0 Å². The van der Waals surface area contributed by atoms with Gasteiger partial charge in [-0.25, -0.2) is 4.79 Å². The average molecular weight is 283 g/mol. The van der Waals surface area contributed by atoms with Crippen molar-refractivity contribution >= 4 is 43.9 Å².